The normalized spacial score (nSPS) is 12.8. The zero-order valence-corrected chi connectivity index (χ0v) is 20.6. The van der Waals surface area contributed by atoms with E-state index in [1.54, 1.807) is 0 Å². The maximum Gasteiger partial charge on any atom is 0.339 e. The Balaban J connectivity index is 1.37. The number of carboxylic acid groups (broad SMARTS) is 1. The maximum atomic E-state index is 11.7. The fraction of sp³-hybridized carbons (Fsp3) is 0.393. The highest BCUT2D eigenvalue weighted by Crippen LogP contribution is 2.26. The van der Waals surface area contributed by atoms with E-state index in [0.717, 1.165) is 29.9 Å². The summed E-state index contributed by atoms with van der Waals surface area (Å²) >= 11 is 0. The fourth-order valence-corrected chi connectivity index (χ4v) is 4.20. The van der Waals surface area contributed by atoms with Crippen molar-refractivity contribution in [2.45, 2.75) is 59.0 Å². The molecule has 0 unspecified atom stereocenters. The molecule has 0 radical (unpaired) electrons. The number of rotatable bonds is 10. The molecule has 0 aliphatic heterocycles. The van der Waals surface area contributed by atoms with E-state index in [-0.39, 0.29) is 12.2 Å². The lowest BCUT2D eigenvalue weighted by Crippen LogP contribution is -2.16. The molecule has 7 nitrogen and oxygen atoms in total. The standard InChI is InChI=1S/C28H33N3O4/c1-18(2)21-9-8-19(3)26(15-21)34-13-12-29-28-30-16-24(27(32)33)25(31-28)17-35-23-11-10-20-6-4-5-7-22(20)14-23/h8-11,14-16,18H,4-7,12-13,17H2,1-3H3,(H,32,33)(H,29,30,31). The van der Waals surface area contributed by atoms with Gasteiger partial charge in [0.1, 0.15) is 30.3 Å². The quantitative estimate of drug-likeness (QED) is 0.371. The minimum absolute atomic E-state index is 0.0332. The van der Waals surface area contributed by atoms with Gasteiger partial charge in [-0.15, -0.1) is 0 Å². The molecular weight excluding hydrogens is 442 g/mol. The predicted molar refractivity (Wildman–Crippen MR) is 136 cm³/mol. The zero-order valence-electron chi connectivity index (χ0n) is 20.6. The van der Waals surface area contributed by atoms with Gasteiger partial charge in [0.05, 0.1) is 12.2 Å². The molecule has 1 aliphatic carbocycles. The van der Waals surface area contributed by atoms with Gasteiger partial charge in [-0.05, 0) is 79.0 Å². The molecule has 3 aromatic rings. The number of aromatic carboxylic acids is 1. The first-order valence-corrected chi connectivity index (χ1v) is 12.2. The van der Waals surface area contributed by atoms with Gasteiger partial charge in [-0.2, -0.15) is 0 Å². The number of benzene rings is 2. The van der Waals surface area contributed by atoms with Gasteiger partial charge >= 0.3 is 5.97 Å². The minimum Gasteiger partial charge on any atom is -0.491 e. The number of nitrogens with one attached hydrogen (secondary N) is 1. The summed E-state index contributed by atoms with van der Waals surface area (Å²) in [5, 5.41) is 12.7. The molecule has 184 valence electrons. The summed E-state index contributed by atoms with van der Waals surface area (Å²) < 4.78 is 11.9. The molecule has 0 amide bonds. The van der Waals surface area contributed by atoms with E-state index in [0.29, 0.717) is 30.7 Å². The fourth-order valence-electron chi connectivity index (χ4n) is 4.20. The van der Waals surface area contributed by atoms with Gasteiger partial charge in [0.25, 0.3) is 0 Å². The molecule has 0 bridgehead atoms. The zero-order chi connectivity index (χ0) is 24.8. The highest BCUT2D eigenvalue weighted by atomic mass is 16.5. The van der Waals surface area contributed by atoms with Gasteiger partial charge in [-0.3, -0.25) is 0 Å². The lowest BCUT2D eigenvalue weighted by molar-refractivity contribution is 0.0692. The van der Waals surface area contributed by atoms with Crippen LogP contribution in [0.5, 0.6) is 11.5 Å². The molecule has 0 saturated carbocycles. The summed E-state index contributed by atoms with van der Waals surface area (Å²) in [6.07, 6.45) is 5.89. The van der Waals surface area contributed by atoms with Crippen molar-refractivity contribution in [2.24, 2.45) is 0 Å². The van der Waals surface area contributed by atoms with Crippen LogP contribution >= 0.6 is 0 Å². The molecular formula is C28H33N3O4. The molecule has 2 N–H and O–H groups in total. The third-order valence-electron chi connectivity index (χ3n) is 6.32. The first kappa shape index (κ1) is 24.5. The van der Waals surface area contributed by atoms with Gasteiger partial charge in [0.2, 0.25) is 5.95 Å². The molecule has 0 atom stereocenters. The SMILES string of the molecule is Cc1ccc(C(C)C)cc1OCCNc1ncc(C(=O)O)c(COc2ccc3c(c2)CCCC3)n1. The van der Waals surface area contributed by atoms with E-state index in [4.69, 9.17) is 9.47 Å². The van der Waals surface area contributed by atoms with Crippen LogP contribution in [0.25, 0.3) is 0 Å². The third kappa shape index (κ3) is 6.29. The molecule has 0 saturated heterocycles. The lowest BCUT2D eigenvalue weighted by Gasteiger charge is -2.17. The van der Waals surface area contributed by atoms with Gasteiger partial charge in [-0.25, -0.2) is 14.8 Å². The van der Waals surface area contributed by atoms with Crippen LogP contribution in [0.3, 0.4) is 0 Å². The molecule has 7 heteroatoms. The van der Waals surface area contributed by atoms with Crippen LogP contribution in [0, 0.1) is 6.92 Å². The number of anilines is 1. The Labute approximate surface area is 206 Å². The second kappa shape index (κ2) is 11.2. The van der Waals surface area contributed by atoms with Crippen LogP contribution < -0.4 is 14.8 Å². The maximum absolute atomic E-state index is 11.7. The number of aromatic nitrogens is 2. The number of carbonyl (C=O) groups is 1. The molecule has 1 aliphatic rings. The van der Waals surface area contributed by atoms with E-state index >= 15 is 0 Å². The first-order valence-electron chi connectivity index (χ1n) is 12.2. The van der Waals surface area contributed by atoms with E-state index < -0.39 is 5.97 Å². The number of carboxylic acids is 1. The summed E-state index contributed by atoms with van der Waals surface area (Å²) in [6, 6.07) is 12.4. The molecule has 2 aromatic carbocycles. The highest BCUT2D eigenvalue weighted by molar-refractivity contribution is 5.88. The Morgan fingerprint density at radius 3 is 2.66 bits per heavy atom. The number of aryl methyl sites for hydroxylation is 3. The first-order chi connectivity index (χ1) is 16.9. The average molecular weight is 476 g/mol. The Hall–Kier alpha value is -3.61. The second-order valence-corrected chi connectivity index (χ2v) is 9.24. The van der Waals surface area contributed by atoms with Crippen LogP contribution in [-0.4, -0.2) is 34.2 Å². The number of hydrogen-bond acceptors (Lipinski definition) is 6. The highest BCUT2D eigenvalue weighted by Gasteiger charge is 2.16. The minimum atomic E-state index is -1.08. The average Bonchev–Trinajstić information content (AvgIpc) is 2.86. The largest absolute Gasteiger partial charge is 0.491 e. The van der Waals surface area contributed by atoms with Gasteiger partial charge < -0.3 is 19.9 Å². The van der Waals surface area contributed by atoms with Crippen LogP contribution in [0.1, 0.15) is 70.9 Å². The number of hydrogen-bond donors (Lipinski definition) is 2. The lowest BCUT2D eigenvalue weighted by atomic mass is 9.92. The van der Waals surface area contributed by atoms with E-state index in [9.17, 15) is 9.90 Å². The molecule has 1 heterocycles. The van der Waals surface area contributed by atoms with Crippen molar-refractivity contribution >= 4 is 11.9 Å². The number of nitrogens with zero attached hydrogens (tertiary/aromatic N) is 2. The summed E-state index contributed by atoms with van der Waals surface area (Å²) in [6.45, 7) is 7.28. The van der Waals surface area contributed by atoms with E-state index in [1.807, 2.05) is 13.0 Å². The van der Waals surface area contributed by atoms with Crippen molar-refractivity contribution < 1.29 is 19.4 Å². The van der Waals surface area contributed by atoms with Gasteiger partial charge in [-0.1, -0.05) is 32.0 Å². The second-order valence-electron chi connectivity index (χ2n) is 9.24. The molecule has 0 fully saturated rings. The van der Waals surface area contributed by atoms with Crippen molar-refractivity contribution in [3.63, 3.8) is 0 Å². The number of ether oxygens (including phenoxy) is 2. The summed E-state index contributed by atoms with van der Waals surface area (Å²) in [4.78, 5) is 20.3. The Bertz CT molecular complexity index is 1190. The van der Waals surface area contributed by atoms with Crippen molar-refractivity contribution in [2.75, 3.05) is 18.5 Å². The van der Waals surface area contributed by atoms with Crippen molar-refractivity contribution in [1.82, 2.24) is 9.97 Å². The van der Waals surface area contributed by atoms with Crippen LogP contribution in [0.2, 0.25) is 0 Å². The van der Waals surface area contributed by atoms with Crippen molar-refractivity contribution in [1.29, 1.82) is 0 Å². The molecule has 1 aromatic heterocycles. The van der Waals surface area contributed by atoms with Crippen molar-refractivity contribution in [3.8, 4) is 11.5 Å². The Kier molecular flexibility index (Phi) is 7.85. The van der Waals surface area contributed by atoms with Crippen molar-refractivity contribution in [3.05, 3.63) is 76.1 Å². The Morgan fingerprint density at radius 2 is 1.89 bits per heavy atom. The summed E-state index contributed by atoms with van der Waals surface area (Å²) in [5.41, 5.74) is 5.36. The van der Waals surface area contributed by atoms with Crippen LogP contribution in [0.4, 0.5) is 5.95 Å². The van der Waals surface area contributed by atoms with E-state index in [2.05, 4.69) is 59.5 Å². The molecule has 4 rings (SSSR count). The summed E-state index contributed by atoms with van der Waals surface area (Å²) in [7, 11) is 0. The Morgan fingerprint density at radius 1 is 1.09 bits per heavy atom. The third-order valence-corrected chi connectivity index (χ3v) is 6.32. The van der Waals surface area contributed by atoms with Crippen LogP contribution in [-0.2, 0) is 19.4 Å². The monoisotopic (exact) mass is 475 g/mol. The molecule has 0 spiro atoms. The predicted octanol–water partition coefficient (Wildman–Crippen LogP) is 5.56. The van der Waals surface area contributed by atoms with Gasteiger partial charge in [0, 0.05) is 6.20 Å². The number of fused-ring (bicyclic) bond motifs is 1. The topological polar surface area (TPSA) is 93.6 Å². The smallest absolute Gasteiger partial charge is 0.339 e. The van der Waals surface area contributed by atoms with E-state index in [1.165, 1.54) is 35.7 Å². The van der Waals surface area contributed by atoms with Gasteiger partial charge in [0.15, 0.2) is 0 Å². The molecule has 35 heavy (non-hydrogen) atoms. The van der Waals surface area contributed by atoms with Crippen LogP contribution in [0.15, 0.2) is 42.6 Å². The summed E-state index contributed by atoms with van der Waals surface area (Å²) in [5.74, 6) is 1.28.